The summed E-state index contributed by atoms with van der Waals surface area (Å²) in [6.45, 7) is 5.17. The van der Waals surface area contributed by atoms with Crippen molar-refractivity contribution >= 4 is 5.91 Å². The van der Waals surface area contributed by atoms with Crippen LogP contribution in [0, 0.1) is 22.7 Å². The van der Waals surface area contributed by atoms with E-state index in [0.29, 0.717) is 22.5 Å². The van der Waals surface area contributed by atoms with Crippen molar-refractivity contribution < 1.29 is 4.79 Å². The highest BCUT2D eigenvalue weighted by molar-refractivity contribution is 5.94. The van der Waals surface area contributed by atoms with Gasteiger partial charge in [-0.05, 0) is 48.4 Å². The Morgan fingerprint density at radius 2 is 2.00 bits per heavy atom. The van der Waals surface area contributed by atoms with Crippen molar-refractivity contribution in [3.8, 4) is 6.07 Å². The van der Waals surface area contributed by atoms with E-state index in [9.17, 15) is 4.79 Å². The fraction of sp³-hybridized carbons (Fsp3) is 0.467. The van der Waals surface area contributed by atoms with E-state index in [4.69, 9.17) is 5.26 Å². The van der Waals surface area contributed by atoms with Crippen molar-refractivity contribution in [2.24, 2.45) is 11.3 Å². The second kappa shape index (κ2) is 4.81. The zero-order valence-electron chi connectivity index (χ0n) is 10.9. The second-order valence-corrected chi connectivity index (χ2v) is 5.39. The van der Waals surface area contributed by atoms with Crippen LogP contribution in [-0.4, -0.2) is 12.5 Å². The van der Waals surface area contributed by atoms with E-state index in [1.165, 1.54) is 12.8 Å². The number of carbonyl (C=O) groups is 1. The van der Waals surface area contributed by atoms with E-state index in [1.807, 2.05) is 6.07 Å². The number of benzene rings is 1. The van der Waals surface area contributed by atoms with Gasteiger partial charge in [0.2, 0.25) is 0 Å². The maximum Gasteiger partial charge on any atom is 0.251 e. The summed E-state index contributed by atoms with van der Waals surface area (Å²) in [6.07, 6.45) is 2.41. The van der Waals surface area contributed by atoms with Crippen LogP contribution >= 0.6 is 0 Å². The van der Waals surface area contributed by atoms with Crippen LogP contribution in [0.5, 0.6) is 0 Å². The van der Waals surface area contributed by atoms with Gasteiger partial charge in [-0.25, -0.2) is 0 Å². The minimum absolute atomic E-state index is 0.0496. The maximum absolute atomic E-state index is 11.9. The molecule has 1 aliphatic carbocycles. The van der Waals surface area contributed by atoms with Crippen LogP contribution in [0.2, 0.25) is 0 Å². The lowest BCUT2D eigenvalue weighted by molar-refractivity contribution is 0.0940. The molecule has 0 radical (unpaired) electrons. The molecule has 0 atom stereocenters. The Balaban J connectivity index is 1.94. The van der Waals surface area contributed by atoms with E-state index in [0.717, 1.165) is 6.54 Å². The molecule has 0 unspecified atom stereocenters. The molecule has 3 nitrogen and oxygen atoms in total. The lowest BCUT2D eigenvalue weighted by atomic mass is 9.92. The first-order chi connectivity index (χ1) is 8.57. The van der Waals surface area contributed by atoms with Gasteiger partial charge in [-0.1, -0.05) is 13.8 Å². The predicted octanol–water partition coefficient (Wildman–Crippen LogP) is 2.72. The maximum atomic E-state index is 11.9. The molecule has 1 amide bonds. The van der Waals surface area contributed by atoms with Gasteiger partial charge in [0.25, 0.3) is 5.91 Å². The molecule has 0 spiro atoms. The molecule has 18 heavy (non-hydrogen) atoms. The molecule has 3 heteroatoms. The molecule has 1 aliphatic rings. The quantitative estimate of drug-likeness (QED) is 0.882. The van der Waals surface area contributed by atoms with Gasteiger partial charge in [0.1, 0.15) is 0 Å². The highest BCUT2D eigenvalue weighted by atomic mass is 16.1. The standard InChI is InChI=1S/C15H18N2O/c1-11(2)15(7-8-15)10-17-14(18)13-5-3-12(9-16)4-6-13/h3-6,11H,7-8,10H2,1-2H3,(H,17,18). The topological polar surface area (TPSA) is 52.9 Å². The van der Waals surface area contributed by atoms with E-state index < -0.39 is 0 Å². The molecule has 0 aliphatic heterocycles. The van der Waals surface area contributed by atoms with Crippen LogP contribution in [0.15, 0.2) is 24.3 Å². The van der Waals surface area contributed by atoms with Crippen LogP contribution in [-0.2, 0) is 0 Å². The smallest absolute Gasteiger partial charge is 0.251 e. The highest BCUT2D eigenvalue weighted by Gasteiger charge is 2.45. The third-order valence-electron chi connectivity index (χ3n) is 3.99. The minimum Gasteiger partial charge on any atom is -0.351 e. The van der Waals surface area contributed by atoms with E-state index in [2.05, 4.69) is 19.2 Å². The minimum atomic E-state index is -0.0496. The molecule has 1 aromatic carbocycles. The molecule has 1 N–H and O–H groups in total. The Hall–Kier alpha value is -1.82. The number of nitriles is 1. The van der Waals surface area contributed by atoms with Crippen LogP contribution in [0.1, 0.15) is 42.6 Å². The molecule has 0 heterocycles. The largest absolute Gasteiger partial charge is 0.351 e. The number of hydrogen-bond acceptors (Lipinski definition) is 2. The number of hydrogen-bond donors (Lipinski definition) is 1. The molecule has 0 saturated heterocycles. The first kappa shape index (κ1) is 12.6. The highest BCUT2D eigenvalue weighted by Crippen LogP contribution is 2.51. The molecular formula is C15H18N2O. The van der Waals surface area contributed by atoms with Gasteiger partial charge in [-0.15, -0.1) is 0 Å². The third kappa shape index (κ3) is 2.53. The summed E-state index contributed by atoms with van der Waals surface area (Å²) >= 11 is 0. The average molecular weight is 242 g/mol. The van der Waals surface area contributed by atoms with Crippen LogP contribution < -0.4 is 5.32 Å². The Bertz CT molecular complexity index is 478. The van der Waals surface area contributed by atoms with Gasteiger partial charge in [0.15, 0.2) is 0 Å². The number of amides is 1. The Kier molecular flexibility index (Phi) is 3.38. The van der Waals surface area contributed by atoms with Gasteiger partial charge in [-0.3, -0.25) is 4.79 Å². The normalized spacial score (nSPS) is 16.1. The first-order valence-electron chi connectivity index (χ1n) is 6.36. The van der Waals surface area contributed by atoms with Gasteiger partial charge < -0.3 is 5.32 Å². The lowest BCUT2D eigenvalue weighted by Gasteiger charge is -2.19. The fourth-order valence-corrected chi connectivity index (χ4v) is 2.17. The molecule has 94 valence electrons. The van der Waals surface area contributed by atoms with Crippen molar-refractivity contribution in [2.45, 2.75) is 26.7 Å². The predicted molar refractivity (Wildman–Crippen MR) is 70.0 cm³/mol. The fourth-order valence-electron chi connectivity index (χ4n) is 2.17. The number of nitrogens with one attached hydrogen (secondary N) is 1. The molecule has 0 aromatic heterocycles. The van der Waals surface area contributed by atoms with Crippen molar-refractivity contribution in [1.29, 1.82) is 5.26 Å². The number of carbonyl (C=O) groups excluding carboxylic acids is 1. The average Bonchev–Trinajstić information content (AvgIpc) is 3.17. The second-order valence-electron chi connectivity index (χ2n) is 5.39. The van der Waals surface area contributed by atoms with Crippen molar-refractivity contribution in [1.82, 2.24) is 5.32 Å². The van der Waals surface area contributed by atoms with E-state index >= 15 is 0 Å². The zero-order chi connectivity index (χ0) is 13.2. The zero-order valence-corrected chi connectivity index (χ0v) is 10.9. The van der Waals surface area contributed by atoms with Gasteiger partial charge in [-0.2, -0.15) is 5.26 Å². The van der Waals surface area contributed by atoms with Crippen molar-refractivity contribution in [3.05, 3.63) is 35.4 Å². The summed E-state index contributed by atoms with van der Waals surface area (Å²) in [4.78, 5) is 11.9. The third-order valence-corrected chi connectivity index (χ3v) is 3.99. The monoisotopic (exact) mass is 242 g/mol. The molecule has 0 bridgehead atoms. The Morgan fingerprint density at radius 1 is 1.39 bits per heavy atom. The molecular weight excluding hydrogens is 224 g/mol. The summed E-state index contributed by atoms with van der Waals surface area (Å²) in [5.41, 5.74) is 1.52. The van der Waals surface area contributed by atoms with Gasteiger partial charge in [0.05, 0.1) is 11.6 Å². The Labute approximate surface area is 108 Å². The summed E-state index contributed by atoms with van der Waals surface area (Å²) in [6, 6.07) is 8.78. The number of rotatable bonds is 4. The van der Waals surface area contributed by atoms with Crippen molar-refractivity contribution in [3.63, 3.8) is 0 Å². The van der Waals surface area contributed by atoms with Gasteiger partial charge >= 0.3 is 0 Å². The molecule has 1 aromatic rings. The molecule has 1 fully saturated rings. The van der Waals surface area contributed by atoms with Gasteiger partial charge in [0, 0.05) is 12.1 Å². The first-order valence-corrected chi connectivity index (χ1v) is 6.36. The van der Waals surface area contributed by atoms with E-state index in [1.54, 1.807) is 24.3 Å². The number of nitrogens with zero attached hydrogens (tertiary/aromatic N) is 1. The SMILES string of the molecule is CC(C)C1(CNC(=O)c2ccc(C#N)cc2)CC1. The molecule has 2 rings (SSSR count). The van der Waals surface area contributed by atoms with E-state index in [-0.39, 0.29) is 5.91 Å². The summed E-state index contributed by atoms with van der Waals surface area (Å²) in [7, 11) is 0. The van der Waals surface area contributed by atoms with Crippen LogP contribution in [0.3, 0.4) is 0 Å². The summed E-state index contributed by atoms with van der Waals surface area (Å²) in [5, 5.41) is 11.7. The summed E-state index contributed by atoms with van der Waals surface area (Å²) < 4.78 is 0. The lowest BCUT2D eigenvalue weighted by Crippen LogP contribution is -2.32. The van der Waals surface area contributed by atoms with Crippen molar-refractivity contribution in [2.75, 3.05) is 6.54 Å². The summed E-state index contributed by atoms with van der Waals surface area (Å²) in [5.74, 6) is 0.560. The molecule has 1 saturated carbocycles. The van der Waals surface area contributed by atoms with Crippen LogP contribution in [0.4, 0.5) is 0 Å². The Morgan fingerprint density at radius 3 is 2.44 bits per heavy atom. The van der Waals surface area contributed by atoms with Crippen LogP contribution in [0.25, 0.3) is 0 Å².